The van der Waals surface area contributed by atoms with Crippen molar-refractivity contribution in [2.75, 3.05) is 13.7 Å². The molecule has 10 nitrogen and oxygen atoms in total. The van der Waals surface area contributed by atoms with Crippen LogP contribution in [-0.4, -0.2) is 62.9 Å². The Morgan fingerprint density at radius 2 is 2.10 bits per heavy atom. The summed E-state index contributed by atoms with van der Waals surface area (Å²) in [4.78, 5) is 36.7. The third kappa shape index (κ3) is 2.61. The first-order chi connectivity index (χ1) is 9.90. The highest BCUT2D eigenvalue weighted by molar-refractivity contribution is 5.87. The zero-order valence-electron chi connectivity index (χ0n) is 10.9. The van der Waals surface area contributed by atoms with Crippen LogP contribution in [0.1, 0.15) is 16.7 Å². The van der Waals surface area contributed by atoms with Crippen LogP contribution in [0.2, 0.25) is 0 Å². The number of aromatic amines is 1. The van der Waals surface area contributed by atoms with Crippen LogP contribution >= 0.6 is 0 Å². The molecule has 0 saturated carbocycles. The van der Waals surface area contributed by atoms with Crippen molar-refractivity contribution >= 4 is 5.97 Å². The predicted molar refractivity (Wildman–Crippen MR) is 65.7 cm³/mol. The van der Waals surface area contributed by atoms with Gasteiger partial charge in [-0.05, 0) is 0 Å². The van der Waals surface area contributed by atoms with Crippen molar-refractivity contribution in [2.45, 2.75) is 24.5 Å². The molecule has 1 aromatic rings. The second-order valence-corrected chi connectivity index (χ2v) is 4.41. The zero-order valence-corrected chi connectivity index (χ0v) is 10.9. The van der Waals surface area contributed by atoms with Crippen molar-refractivity contribution in [2.24, 2.45) is 0 Å². The number of carbonyl (C=O) groups is 1. The second kappa shape index (κ2) is 5.77. The molecule has 4 N–H and O–H groups in total. The number of nitrogens with one attached hydrogen (secondary N) is 1. The number of methoxy groups -OCH3 is 1. The van der Waals surface area contributed by atoms with E-state index in [1.54, 1.807) is 0 Å². The van der Waals surface area contributed by atoms with Crippen LogP contribution in [0.15, 0.2) is 15.7 Å². The van der Waals surface area contributed by atoms with Crippen LogP contribution in [-0.2, 0) is 9.47 Å². The quantitative estimate of drug-likeness (QED) is 0.429. The molecule has 1 saturated heterocycles. The Labute approximate surface area is 117 Å². The molecule has 4 atom stereocenters. The van der Waals surface area contributed by atoms with E-state index in [4.69, 9.17) is 9.84 Å². The molecule has 0 radical (unpaired) electrons. The Kier molecular flexibility index (Phi) is 4.23. The van der Waals surface area contributed by atoms with Crippen molar-refractivity contribution < 1.29 is 29.6 Å². The number of carbonyl (C=O) groups excluding carboxylic acids is 1. The number of hydrogen-bond acceptors (Lipinski definition) is 8. The molecule has 116 valence electrons. The molecule has 0 bridgehead atoms. The van der Waals surface area contributed by atoms with E-state index in [0.29, 0.717) is 4.57 Å². The number of nitrogens with zero attached hydrogens (tertiary/aromatic N) is 1. The average molecular weight is 302 g/mol. The van der Waals surface area contributed by atoms with Crippen molar-refractivity contribution in [1.82, 2.24) is 9.55 Å². The summed E-state index contributed by atoms with van der Waals surface area (Å²) >= 11 is 0. The average Bonchev–Trinajstić information content (AvgIpc) is 2.73. The number of rotatable bonds is 3. The smallest absolute Gasteiger partial charge is 0.355 e. The Balaban J connectivity index is 2.56. The highest BCUT2D eigenvalue weighted by Crippen LogP contribution is 2.28. The standard InChI is InChI=1S/C11H14N2O8/c1-20-10(18)4-2-6(15)12-11(19)13(4)9-8(17)7(16)5(3-14)21-9/h2,5,7-9,14,16-17H,3H2,1H3,(H,12,15,19)/t5-,7+,8?,9-/m1/s1. The molecular weight excluding hydrogens is 288 g/mol. The predicted octanol–water partition coefficient (Wildman–Crippen LogP) is -3.07. The van der Waals surface area contributed by atoms with E-state index < -0.39 is 54.1 Å². The molecule has 0 amide bonds. The summed E-state index contributed by atoms with van der Waals surface area (Å²) in [6.45, 7) is -0.597. The first-order valence-electron chi connectivity index (χ1n) is 5.97. The first-order valence-corrected chi connectivity index (χ1v) is 5.97. The fourth-order valence-electron chi connectivity index (χ4n) is 2.11. The van der Waals surface area contributed by atoms with Gasteiger partial charge in [0.15, 0.2) is 6.23 Å². The van der Waals surface area contributed by atoms with Crippen molar-refractivity contribution in [3.8, 4) is 0 Å². The van der Waals surface area contributed by atoms with Gasteiger partial charge in [-0.15, -0.1) is 0 Å². The minimum absolute atomic E-state index is 0.443. The Morgan fingerprint density at radius 3 is 2.62 bits per heavy atom. The van der Waals surface area contributed by atoms with Gasteiger partial charge in [-0.3, -0.25) is 14.3 Å². The number of esters is 1. The molecule has 1 unspecified atom stereocenters. The Hall–Kier alpha value is -2.01. The highest BCUT2D eigenvalue weighted by Gasteiger charge is 2.45. The molecule has 1 aliphatic heterocycles. The number of H-pyrrole nitrogens is 1. The third-order valence-electron chi connectivity index (χ3n) is 3.14. The second-order valence-electron chi connectivity index (χ2n) is 4.41. The van der Waals surface area contributed by atoms with Crippen molar-refractivity contribution in [3.63, 3.8) is 0 Å². The summed E-state index contributed by atoms with van der Waals surface area (Å²) < 4.78 is 10.3. The molecule has 2 rings (SSSR count). The van der Waals surface area contributed by atoms with Crippen molar-refractivity contribution in [1.29, 1.82) is 0 Å². The van der Waals surface area contributed by atoms with E-state index in [9.17, 15) is 24.6 Å². The molecule has 10 heteroatoms. The van der Waals surface area contributed by atoms with Gasteiger partial charge in [0, 0.05) is 6.07 Å². The fourth-order valence-corrected chi connectivity index (χ4v) is 2.11. The summed E-state index contributed by atoms with van der Waals surface area (Å²) in [5, 5.41) is 28.6. The van der Waals surface area contributed by atoms with Crippen LogP contribution < -0.4 is 11.2 Å². The lowest BCUT2D eigenvalue weighted by molar-refractivity contribution is -0.0563. The van der Waals surface area contributed by atoms with Gasteiger partial charge in [0.05, 0.1) is 13.7 Å². The largest absolute Gasteiger partial charge is 0.464 e. The van der Waals surface area contributed by atoms with E-state index in [1.165, 1.54) is 0 Å². The van der Waals surface area contributed by atoms with Gasteiger partial charge in [-0.2, -0.15) is 0 Å². The summed E-state index contributed by atoms with van der Waals surface area (Å²) in [6.07, 6.45) is -5.61. The van der Waals surface area contributed by atoms with Crippen LogP contribution in [0.4, 0.5) is 0 Å². The van der Waals surface area contributed by atoms with Gasteiger partial charge in [-0.1, -0.05) is 0 Å². The molecule has 1 aromatic heterocycles. The van der Waals surface area contributed by atoms with Gasteiger partial charge < -0.3 is 24.8 Å². The molecule has 0 spiro atoms. The summed E-state index contributed by atoms with van der Waals surface area (Å²) in [5.74, 6) is -0.990. The summed E-state index contributed by atoms with van der Waals surface area (Å²) in [5.41, 5.74) is -2.29. The summed E-state index contributed by atoms with van der Waals surface area (Å²) in [7, 11) is 1.05. The molecule has 21 heavy (non-hydrogen) atoms. The van der Waals surface area contributed by atoms with E-state index in [2.05, 4.69) is 4.74 Å². The molecule has 0 aromatic carbocycles. The number of aliphatic hydroxyl groups is 3. The first kappa shape index (κ1) is 15.4. The van der Waals surface area contributed by atoms with Crippen LogP contribution in [0.5, 0.6) is 0 Å². The zero-order chi connectivity index (χ0) is 15.7. The maximum atomic E-state index is 11.9. The number of aromatic nitrogens is 2. The molecule has 0 aliphatic carbocycles. The van der Waals surface area contributed by atoms with Crippen LogP contribution in [0.3, 0.4) is 0 Å². The van der Waals surface area contributed by atoms with E-state index >= 15 is 0 Å². The normalized spacial score (nSPS) is 28.6. The van der Waals surface area contributed by atoms with E-state index in [1.807, 2.05) is 4.98 Å². The van der Waals surface area contributed by atoms with Gasteiger partial charge >= 0.3 is 11.7 Å². The highest BCUT2D eigenvalue weighted by atomic mass is 16.6. The Bertz CT molecular complexity index is 650. The molecule has 1 aliphatic rings. The van der Waals surface area contributed by atoms with Crippen LogP contribution in [0.25, 0.3) is 0 Å². The topological polar surface area (TPSA) is 151 Å². The fraction of sp³-hybridized carbons (Fsp3) is 0.545. The van der Waals surface area contributed by atoms with Gasteiger partial charge in [0.2, 0.25) is 0 Å². The minimum Gasteiger partial charge on any atom is -0.464 e. The number of ether oxygens (including phenoxy) is 2. The maximum absolute atomic E-state index is 11.9. The monoisotopic (exact) mass is 302 g/mol. The Morgan fingerprint density at radius 1 is 1.43 bits per heavy atom. The lowest BCUT2D eigenvalue weighted by Gasteiger charge is -2.19. The third-order valence-corrected chi connectivity index (χ3v) is 3.14. The molecular formula is C11H14N2O8. The van der Waals surface area contributed by atoms with Gasteiger partial charge in [0.25, 0.3) is 5.56 Å². The van der Waals surface area contributed by atoms with E-state index in [0.717, 1.165) is 13.2 Å². The van der Waals surface area contributed by atoms with E-state index in [-0.39, 0.29) is 0 Å². The molecule has 1 fully saturated rings. The lowest BCUT2D eigenvalue weighted by Crippen LogP contribution is -2.41. The lowest BCUT2D eigenvalue weighted by atomic mass is 10.1. The SMILES string of the molecule is COC(=O)c1cc(=O)[nH]c(=O)n1[C@@H]1O[C@H](CO)[C@H](O)C1O. The number of aliphatic hydroxyl groups excluding tert-OH is 3. The van der Waals surface area contributed by atoms with Crippen LogP contribution in [0, 0.1) is 0 Å². The van der Waals surface area contributed by atoms with Gasteiger partial charge in [0.1, 0.15) is 24.0 Å². The minimum atomic E-state index is -1.57. The summed E-state index contributed by atoms with van der Waals surface area (Å²) in [6, 6.07) is 0.808. The number of hydrogen-bond donors (Lipinski definition) is 4. The molecule has 2 heterocycles. The van der Waals surface area contributed by atoms with Crippen molar-refractivity contribution in [3.05, 3.63) is 32.6 Å². The van der Waals surface area contributed by atoms with Gasteiger partial charge in [-0.25, -0.2) is 9.59 Å². The maximum Gasteiger partial charge on any atom is 0.355 e.